The van der Waals surface area contributed by atoms with Gasteiger partial charge in [-0.15, -0.1) is 0 Å². The van der Waals surface area contributed by atoms with Gasteiger partial charge in [0.1, 0.15) is 12.6 Å². The van der Waals surface area contributed by atoms with Gasteiger partial charge in [0.05, 0.1) is 18.2 Å². The van der Waals surface area contributed by atoms with Crippen LogP contribution in [-0.4, -0.2) is 31.2 Å². The van der Waals surface area contributed by atoms with Crippen LogP contribution in [0.2, 0.25) is 0 Å². The summed E-state index contributed by atoms with van der Waals surface area (Å²) in [6, 6.07) is 9.90. The highest BCUT2D eigenvalue weighted by Gasteiger charge is 2.25. The molecule has 0 bridgehead atoms. The number of rotatable bonds is 4. The van der Waals surface area contributed by atoms with E-state index in [1.54, 1.807) is 17.0 Å². The van der Waals surface area contributed by atoms with Gasteiger partial charge in [-0.1, -0.05) is 18.2 Å². The molecule has 1 fully saturated rings. The summed E-state index contributed by atoms with van der Waals surface area (Å²) in [5.74, 6) is -0.211. The summed E-state index contributed by atoms with van der Waals surface area (Å²) in [4.78, 5) is 13.5. The van der Waals surface area contributed by atoms with E-state index in [0.717, 1.165) is 6.54 Å². The Hall–Kier alpha value is -1.06. The third-order valence-electron chi connectivity index (χ3n) is 3.95. The smallest absolute Gasteiger partial charge is 0.338 e. The maximum Gasteiger partial charge on any atom is 0.338 e. The molecule has 2 rings (SSSR count). The number of ether oxygens (including phenoxy) is 1. The molecule has 3 atom stereocenters. The van der Waals surface area contributed by atoms with Crippen LogP contribution in [0.25, 0.3) is 0 Å². The van der Waals surface area contributed by atoms with Crippen LogP contribution in [0.5, 0.6) is 0 Å². The minimum Gasteiger partial charge on any atom is -1.00 e. The van der Waals surface area contributed by atoms with Gasteiger partial charge in [0.15, 0.2) is 0 Å². The SMILES string of the molecule is CC(C[NH+]1CCCCC1C)OC(=O)c1ccccc1.[Cl-]. The number of piperidine rings is 1. The summed E-state index contributed by atoms with van der Waals surface area (Å²) in [5, 5.41) is 0. The lowest BCUT2D eigenvalue weighted by Crippen LogP contribution is -3.17. The van der Waals surface area contributed by atoms with Crippen LogP contribution in [0.3, 0.4) is 0 Å². The van der Waals surface area contributed by atoms with Crippen LogP contribution in [0, 0.1) is 0 Å². The van der Waals surface area contributed by atoms with Crippen LogP contribution in [0.15, 0.2) is 30.3 Å². The first-order chi connectivity index (χ1) is 9.16. The zero-order chi connectivity index (χ0) is 13.7. The molecule has 112 valence electrons. The second kappa shape index (κ2) is 8.28. The van der Waals surface area contributed by atoms with Crippen LogP contribution >= 0.6 is 0 Å². The molecule has 1 aliphatic rings. The van der Waals surface area contributed by atoms with E-state index in [0.29, 0.717) is 11.6 Å². The fourth-order valence-electron chi connectivity index (χ4n) is 2.79. The molecule has 0 aromatic heterocycles. The monoisotopic (exact) mass is 297 g/mol. The van der Waals surface area contributed by atoms with E-state index in [9.17, 15) is 4.79 Å². The number of quaternary nitrogens is 1. The first kappa shape index (κ1) is 17.0. The lowest BCUT2D eigenvalue weighted by atomic mass is 10.0. The van der Waals surface area contributed by atoms with Crippen molar-refractivity contribution in [2.45, 2.75) is 45.3 Å². The number of benzene rings is 1. The van der Waals surface area contributed by atoms with Crippen LogP contribution in [-0.2, 0) is 4.74 Å². The maximum atomic E-state index is 11.9. The lowest BCUT2D eigenvalue weighted by molar-refractivity contribution is -0.931. The number of carbonyl (C=O) groups is 1. The Balaban J connectivity index is 0.00000200. The topological polar surface area (TPSA) is 30.7 Å². The summed E-state index contributed by atoms with van der Waals surface area (Å²) in [7, 11) is 0. The van der Waals surface area contributed by atoms with Crippen molar-refractivity contribution in [3.05, 3.63) is 35.9 Å². The second-order valence-electron chi connectivity index (χ2n) is 5.59. The number of likely N-dealkylation sites (tertiary alicyclic amines) is 1. The average Bonchev–Trinajstić information content (AvgIpc) is 2.42. The fourth-order valence-corrected chi connectivity index (χ4v) is 2.79. The van der Waals surface area contributed by atoms with E-state index in [4.69, 9.17) is 4.74 Å². The quantitative estimate of drug-likeness (QED) is 0.700. The molecule has 20 heavy (non-hydrogen) atoms. The number of carbonyl (C=O) groups excluding carboxylic acids is 1. The van der Waals surface area contributed by atoms with Crippen molar-refractivity contribution >= 4 is 5.97 Å². The Kier molecular flexibility index (Phi) is 7.03. The Bertz CT molecular complexity index is 410. The highest BCUT2D eigenvalue weighted by molar-refractivity contribution is 5.89. The van der Waals surface area contributed by atoms with E-state index >= 15 is 0 Å². The van der Waals surface area contributed by atoms with Crippen molar-refractivity contribution in [3.8, 4) is 0 Å². The molecule has 0 aliphatic carbocycles. The number of hydrogen-bond donors (Lipinski definition) is 1. The summed E-state index contributed by atoms with van der Waals surface area (Å²) >= 11 is 0. The lowest BCUT2D eigenvalue weighted by Gasteiger charge is -2.31. The third kappa shape index (κ3) is 4.80. The minimum absolute atomic E-state index is 0. The molecule has 1 heterocycles. The molecule has 0 amide bonds. The normalized spacial score (nSPS) is 23.5. The standard InChI is InChI=1S/C16H23NO2.ClH/c1-13-8-6-7-11-17(13)12-14(2)19-16(18)15-9-4-3-5-10-15;/h3-5,9-10,13-14H,6-8,11-12H2,1-2H3;1H. The molecular weight excluding hydrogens is 274 g/mol. The Morgan fingerprint density at radius 2 is 2.05 bits per heavy atom. The van der Waals surface area contributed by atoms with Gasteiger partial charge < -0.3 is 22.0 Å². The average molecular weight is 298 g/mol. The van der Waals surface area contributed by atoms with Gasteiger partial charge >= 0.3 is 5.97 Å². The minimum atomic E-state index is -0.211. The van der Waals surface area contributed by atoms with Crippen molar-refractivity contribution in [2.24, 2.45) is 0 Å². The Morgan fingerprint density at radius 3 is 2.70 bits per heavy atom. The van der Waals surface area contributed by atoms with Crippen molar-refractivity contribution in [1.82, 2.24) is 0 Å². The van der Waals surface area contributed by atoms with Gasteiger partial charge in [0.25, 0.3) is 0 Å². The number of hydrogen-bond acceptors (Lipinski definition) is 2. The van der Waals surface area contributed by atoms with Gasteiger partial charge in [-0.2, -0.15) is 0 Å². The van der Waals surface area contributed by atoms with E-state index in [-0.39, 0.29) is 24.5 Å². The first-order valence-electron chi connectivity index (χ1n) is 7.27. The molecule has 3 unspecified atom stereocenters. The summed E-state index contributed by atoms with van der Waals surface area (Å²) < 4.78 is 5.53. The predicted octanol–water partition coefficient (Wildman–Crippen LogP) is -1.31. The fraction of sp³-hybridized carbons (Fsp3) is 0.562. The molecule has 1 aromatic carbocycles. The molecule has 0 spiro atoms. The van der Waals surface area contributed by atoms with Crippen LogP contribution < -0.4 is 17.3 Å². The maximum absolute atomic E-state index is 11.9. The van der Waals surface area contributed by atoms with Crippen LogP contribution in [0.4, 0.5) is 0 Å². The zero-order valence-electron chi connectivity index (χ0n) is 12.3. The van der Waals surface area contributed by atoms with E-state index < -0.39 is 0 Å². The van der Waals surface area contributed by atoms with Gasteiger partial charge in [-0.3, -0.25) is 0 Å². The molecule has 0 radical (unpaired) electrons. The molecule has 1 aliphatic heterocycles. The first-order valence-corrected chi connectivity index (χ1v) is 7.27. The molecular formula is C16H24ClNO2. The second-order valence-corrected chi connectivity index (χ2v) is 5.59. The van der Waals surface area contributed by atoms with Gasteiger partial charge in [-0.25, -0.2) is 4.79 Å². The van der Waals surface area contributed by atoms with Gasteiger partial charge in [-0.05, 0) is 45.2 Å². The molecule has 0 saturated carbocycles. The molecule has 4 heteroatoms. The number of esters is 1. The van der Waals surface area contributed by atoms with Crippen molar-refractivity contribution in [2.75, 3.05) is 13.1 Å². The molecule has 1 N–H and O–H groups in total. The third-order valence-corrected chi connectivity index (χ3v) is 3.95. The highest BCUT2D eigenvalue weighted by atomic mass is 35.5. The predicted molar refractivity (Wildman–Crippen MR) is 75.3 cm³/mol. The van der Waals surface area contributed by atoms with E-state index in [1.807, 2.05) is 25.1 Å². The van der Waals surface area contributed by atoms with Gasteiger partial charge in [0, 0.05) is 0 Å². The number of nitrogens with one attached hydrogen (secondary N) is 1. The van der Waals surface area contributed by atoms with Crippen molar-refractivity contribution < 1.29 is 26.8 Å². The highest BCUT2D eigenvalue weighted by Crippen LogP contribution is 2.05. The largest absolute Gasteiger partial charge is 1.00 e. The Morgan fingerprint density at radius 1 is 1.35 bits per heavy atom. The van der Waals surface area contributed by atoms with Gasteiger partial charge in [0.2, 0.25) is 0 Å². The van der Waals surface area contributed by atoms with Crippen molar-refractivity contribution in [1.29, 1.82) is 0 Å². The summed E-state index contributed by atoms with van der Waals surface area (Å²) in [5.41, 5.74) is 0.635. The van der Waals surface area contributed by atoms with E-state index in [2.05, 4.69) is 6.92 Å². The molecule has 3 nitrogen and oxygen atoms in total. The number of halogens is 1. The molecule has 1 saturated heterocycles. The van der Waals surface area contributed by atoms with Crippen molar-refractivity contribution in [3.63, 3.8) is 0 Å². The van der Waals surface area contributed by atoms with Crippen LogP contribution in [0.1, 0.15) is 43.5 Å². The summed E-state index contributed by atoms with van der Waals surface area (Å²) in [6.07, 6.45) is 3.89. The Labute approximate surface area is 127 Å². The molecule has 1 aromatic rings. The zero-order valence-corrected chi connectivity index (χ0v) is 13.0. The summed E-state index contributed by atoms with van der Waals surface area (Å²) in [6.45, 7) is 6.41. The van der Waals surface area contributed by atoms with E-state index in [1.165, 1.54) is 25.8 Å².